The van der Waals surface area contributed by atoms with Gasteiger partial charge in [-0.05, 0) is 17.0 Å². The average Bonchev–Trinajstić information content (AvgIpc) is 2.91. The summed E-state index contributed by atoms with van der Waals surface area (Å²) in [5.74, 6) is -5.13. The molecule has 0 aliphatic carbocycles. The maximum absolute atomic E-state index is 13.5. The average molecular weight is 541 g/mol. The van der Waals surface area contributed by atoms with E-state index in [-0.39, 0.29) is 18.8 Å². The number of nitrogens with one attached hydrogen (secondary N) is 3. The van der Waals surface area contributed by atoms with Gasteiger partial charge in [0, 0.05) is 12.8 Å². The van der Waals surface area contributed by atoms with E-state index < -0.39 is 60.2 Å². The molecule has 0 saturated heterocycles. The molecule has 0 spiro atoms. The Labute approximate surface area is 227 Å². The lowest BCUT2D eigenvalue weighted by molar-refractivity contribution is -0.147. The second kappa shape index (κ2) is 15.2. The van der Waals surface area contributed by atoms with Crippen molar-refractivity contribution < 1.29 is 34.2 Å². The largest absolute Gasteiger partial charge is 0.481 e. The molecule has 0 aliphatic rings. The van der Waals surface area contributed by atoms with Crippen molar-refractivity contribution >= 4 is 29.7 Å². The Morgan fingerprint density at radius 2 is 1.13 bits per heavy atom. The van der Waals surface area contributed by atoms with Crippen LogP contribution >= 0.6 is 0 Å². The Kier molecular flexibility index (Phi) is 12.1. The highest BCUT2D eigenvalue weighted by Gasteiger charge is 2.32. The van der Waals surface area contributed by atoms with Gasteiger partial charge in [0.15, 0.2) is 0 Å². The second-order valence-electron chi connectivity index (χ2n) is 9.41. The summed E-state index contributed by atoms with van der Waals surface area (Å²) in [6, 6.07) is 12.8. The van der Waals surface area contributed by atoms with Gasteiger partial charge in [-0.3, -0.25) is 19.2 Å². The number of hydrogen-bond acceptors (Lipinski definition) is 6. The topological polar surface area (TPSA) is 188 Å². The summed E-state index contributed by atoms with van der Waals surface area (Å²) in [5, 5.41) is 25.9. The van der Waals surface area contributed by atoms with Crippen LogP contribution in [0.2, 0.25) is 0 Å². The third-order valence-electron chi connectivity index (χ3n) is 6.38. The van der Waals surface area contributed by atoms with Gasteiger partial charge in [0.25, 0.3) is 0 Å². The first kappa shape index (κ1) is 31.0. The van der Waals surface area contributed by atoms with Crippen LogP contribution in [0.5, 0.6) is 0 Å². The molecule has 0 aliphatic heterocycles. The molecule has 7 N–H and O–H groups in total. The van der Waals surface area contributed by atoms with E-state index in [2.05, 4.69) is 16.0 Å². The smallest absolute Gasteiger partial charge is 0.326 e. The lowest BCUT2D eigenvalue weighted by atomic mass is 9.98. The first-order valence-corrected chi connectivity index (χ1v) is 12.7. The normalized spacial score (nSPS) is 14.6. The van der Waals surface area contributed by atoms with E-state index in [9.17, 15) is 29.1 Å². The van der Waals surface area contributed by atoms with Crippen LogP contribution in [0.1, 0.15) is 37.8 Å². The fraction of sp³-hybridized carbons (Fsp3) is 0.393. The van der Waals surface area contributed by atoms with E-state index in [0.717, 1.165) is 5.56 Å². The summed E-state index contributed by atoms with van der Waals surface area (Å²) < 4.78 is 0. The maximum atomic E-state index is 13.5. The first-order chi connectivity index (χ1) is 18.5. The van der Waals surface area contributed by atoms with Crippen LogP contribution < -0.4 is 21.7 Å². The van der Waals surface area contributed by atoms with Gasteiger partial charge in [-0.25, -0.2) is 4.79 Å². The number of carboxylic acids is 2. The molecule has 3 amide bonds. The lowest BCUT2D eigenvalue weighted by Gasteiger charge is -2.26. The van der Waals surface area contributed by atoms with Gasteiger partial charge in [-0.15, -0.1) is 0 Å². The molecule has 2 aromatic carbocycles. The Morgan fingerprint density at radius 1 is 0.718 bits per heavy atom. The summed E-state index contributed by atoms with van der Waals surface area (Å²) >= 11 is 0. The molecule has 0 heterocycles. The molecular weight excluding hydrogens is 504 g/mol. The number of rotatable bonds is 15. The fourth-order valence-electron chi connectivity index (χ4n) is 3.82. The molecule has 210 valence electrons. The van der Waals surface area contributed by atoms with Gasteiger partial charge in [0.05, 0.1) is 12.5 Å². The highest BCUT2D eigenvalue weighted by Crippen LogP contribution is 2.10. The van der Waals surface area contributed by atoms with E-state index in [1.165, 1.54) is 0 Å². The highest BCUT2D eigenvalue weighted by molar-refractivity contribution is 5.95. The third-order valence-corrected chi connectivity index (χ3v) is 6.38. The Bertz CT molecular complexity index is 1130. The van der Waals surface area contributed by atoms with Gasteiger partial charge < -0.3 is 31.9 Å². The van der Waals surface area contributed by atoms with Crippen LogP contribution in [-0.2, 0) is 36.8 Å². The van der Waals surface area contributed by atoms with Crippen molar-refractivity contribution in [3.8, 4) is 0 Å². The number of benzene rings is 2. The van der Waals surface area contributed by atoms with E-state index in [0.29, 0.717) is 12.0 Å². The second-order valence-corrected chi connectivity index (χ2v) is 9.41. The molecule has 39 heavy (non-hydrogen) atoms. The summed E-state index contributed by atoms with van der Waals surface area (Å²) in [5.41, 5.74) is 7.50. The van der Waals surface area contributed by atoms with Crippen LogP contribution in [0.25, 0.3) is 0 Å². The molecule has 0 fully saturated rings. The van der Waals surface area contributed by atoms with Crippen molar-refractivity contribution in [2.75, 3.05) is 0 Å². The third kappa shape index (κ3) is 10.2. The Morgan fingerprint density at radius 3 is 1.51 bits per heavy atom. The number of aliphatic carboxylic acids is 2. The van der Waals surface area contributed by atoms with E-state index in [1.807, 2.05) is 19.9 Å². The molecule has 2 aromatic rings. The molecule has 0 saturated carbocycles. The summed E-state index contributed by atoms with van der Waals surface area (Å²) in [4.78, 5) is 62.1. The van der Waals surface area contributed by atoms with Gasteiger partial charge in [-0.2, -0.15) is 0 Å². The minimum Gasteiger partial charge on any atom is -0.481 e. The maximum Gasteiger partial charge on any atom is 0.326 e. The van der Waals surface area contributed by atoms with Gasteiger partial charge in [0.1, 0.15) is 18.1 Å². The van der Waals surface area contributed by atoms with Gasteiger partial charge in [-0.1, -0.05) is 80.9 Å². The SMILES string of the molecule is CCC(C)C(N)C(=O)NC(Cc1ccccc1)C(=O)NC(Cc1ccccc1)C(=O)NC(CC(=O)O)C(=O)O. The number of nitrogens with two attached hydrogens (primary N) is 1. The number of amides is 3. The van der Waals surface area contributed by atoms with Gasteiger partial charge >= 0.3 is 11.9 Å². The van der Waals surface area contributed by atoms with Crippen molar-refractivity contribution in [3.63, 3.8) is 0 Å². The zero-order valence-electron chi connectivity index (χ0n) is 22.0. The first-order valence-electron chi connectivity index (χ1n) is 12.7. The van der Waals surface area contributed by atoms with E-state index >= 15 is 0 Å². The van der Waals surface area contributed by atoms with Crippen molar-refractivity contribution in [2.45, 2.75) is 63.7 Å². The lowest BCUT2D eigenvalue weighted by Crippen LogP contribution is -2.58. The number of carbonyl (C=O) groups excluding carboxylic acids is 3. The monoisotopic (exact) mass is 540 g/mol. The van der Waals surface area contributed by atoms with E-state index in [1.54, 1.807) is 54.6 Å². The van der Waals surface area contributed by atoms with Crippen LogP contribution in [0.4, 0.5) is 0 Å². The number of carbonyl (C=O) groups is 5. The zero-order chi connectivity index (χ0) is 28.9. The minimum absolute atomic E-state index is 0.00376. The van der Waals surface area contributed by atoms with E-state index in [4.69, 9.17) is 10.8 Å². The van der Waals surface area contributed by atoms with Crippen molar-refractivity contribution in [2.24, 2.45) is 11.7 Å². The predicted octanol–water partition coefficient (Wildman–Crippen LogP) is 0.859. The molecule has 11 nitrogen and oxygen atoms in total. The summed E-state index contributed by atoms with van der Waals surface area (Å²) in [7, 11) is 0. The minimum atomic E-state index is -1.70. The van der Waals surface area contributed by atoms with Crippen molar-refractivity contribution in [1.82, 2.24) is 16.0 Å². The van der Waals surface area contributed by atoms with Crippen LogP contribution in [0.15, 0.2) is 60.7 Å². The number of hydrogen-bond donors (Lipinski definition) is 6. The van der Waals surface area contributed by atoms with Gasteiger partial charge in [0.2, 0.25) is 17.7 Å². The van der Waals surface area contributed by atoms with Crippen LogP contribution in [-0.4, -0.2) is 64.0 Å². The molecule has 5 atom stereocenters. The highest BCUT2D eigenvalue weighted by atomic mass is 16.4. The Balaban J connectivity index is 2.32. The predicted molar refractivity (Wildman–Crippen MR) is 143 cm³/mol. The standard InChI is InChI=1S/C28H36N4O7/c1-3-17(2)24(29)27(37)31-21(15-19-12-8-5-9-13-19)25(35)30-20(14-18-10-6-4-7-11-18)26(36)32-22(28(38)39)16-23(33)34/h4-13,17,20-22,24H,3,14-16,29H2,1-2H3,(H,30,35)(H,31,37)(H,32,36)(H,33,34)(H,38,39). The summed E-state index contributed by atoms with van der Waals surface area (Å²) in [6.07, 6.45) is -0.0733. The fourth-order valence-corrected chi connectivity index (χ4v) is 3.82. The zero-order valence-corrected chi connectivity index (χ0v) is 22.0. The Hall–Kier alpha value is -4.25. The molecule has 11 heteroatoms. The molecule has 0 aromatic heterocycles. The molecule has 0 bridgehead atoms. The molecule has 0 radical (unpaired) electrons. The quantitative estimate of drug-likeness (QED) is 0.192. The van der Waals surface area contributed by atoms with Crippen LogP contribution in [0, 0.1) is 5.92 Å². The summed E-state index contributed by atoms with van der Waals surface area (Å²) in [6.45, 7) is 3.72. The molecular formula is C28H36N4O7. The van der Waals surface area contributed by atoms with Crippen molar-refractivity contribution in [1.29, 1.82) is 0 Å². The van der Waals surface area contributed by atoms with Crippen LogP contribution in [0.3, 0.4) is 0 Å². The van der Waals surface area contributed by atoms with Crippen molar-refractivity contribution in [3.05, 3.63) is 71.8 Å². The number of carboxylic acid groups (broad SMARTS) is 2. The molecule has 5 unspecified atom stereocenters. The molecule has 2 rings (SSSR count).